The van der Waals surface area contributed by atoms with Gasteiger partial charge in [-0.25, -0.2) is 4.79 Å². The number of aromatic nitrogens is 2. The van der Waals surface area contributed by atoms with Gasteiger partial charge in [0.2, 0.25) is 0 Å². The molecule has 4 rings (SSSR count). The van der Waals surface area contributed by atoms with Crippen LogP contribution in [0.4, 0.5) is 11.5 Å². The number of hydrogen-bond donors (Lipinski definition) is 5. The van der Waals surface area contributed by atoms with Crippen molar-refractivity contribution in [2.24, 2.45) is 5.73 Å². The first-order chi connectivity index (χ1) is 15.0. The Kier molecular flexibility index (Phi) is 6.17. The Morgan fingerprint density at radius 3 is 2.84 bits per heavy atom. The van der Waals surface area contributed by atoms with Gasteiger partial charge in [0.25, 0.3) is 0 Å². The van der Waals surface area contributed by atoms with Crippen LogP contribution in [0.2, 0.25) is 0 Å². The molecule has 1 aliphatic carbocycles. The molecule has 2 aromatic rings. The molecule has 0 radical (unpaired) electrons. The number of fused-ring (bicyclic) bond motifs is 2. The monoisotopic (exact) mass is 425 g/mol. The molecule has 31 heavy (non-hydrogen) atoms. The van der Waals surface area contributed by atoms with Gasteiger partial charge in [0.1, 0.15) is 6.29 Å². The second kappa shape index (κ2) is 9.17. The lowest BCUT2D eigenvalue weighted by atomic mass is 9.91. The predicted molar refractivity (Wildman–Crippen MR) is 118 cm³/mol. The minimum absolute atomic E-state index is 0.00186. The average Bonchev–Trinajstić information content (AvgIpc) is 2.77. The number of nitrogens with two attached hydrogens (primary N) is 1. The summed E-state index contributed by atoms with van der Waals surface area (Å²) in [5, 5.41) is 16.6. The van der Waals surface area contributed by atoms with E-state index in [4.69, 9.17) is 15.9 Å². The van der Waals surface area contributed by atoms with E-state index in [9.17, 15) is 9.59 Å². The highest BCUT2D eigenvalue weighted by molar-refractivity contribution is 5.81. The molecule has 0 bridgehead atoms. The highest BCUT2D eigenvalue weighted by atomic mass is 16.5. The molecular weight excluding hydrogens is 398 g/mol. The van der Waals surface area contributed by atoms with Crippen molar-refractivity contribution >= 4 is 23.8 Å². The number of nitrogens with one attached hydrogen (secondary N) is 4. The Hall–Kier alpha value is -3.40. The highest BCUT2D eigenvalue weighted by Crippen LogP contribution is 2.41. The third kappa shape index (κ3) is 4.85. The Labute approximate surface area is 179 Å². The standard InChI is InChI=1S/C21H27N7O3/c22-20(23)25-9-1-8-24-14-3-5-15(6-4-14)28-11-18-19(27-21(28)30)26-16-10-13(12-29)2-7-17(16)31-18/h2,7,10-12,14-15,24H,1,3-6,8-9H2,(H4,22,23,25)(H,26,27,30). The summed E-state index contributed by atoms with van der Waals surface area (Å²) in [7, 11) is 0. The number of nitrogens with zero attached hydrogens (tertiary/aromatic N) is 2. The third-order valence-corrected chi connectivity index (χ3v) is 5.72. The molecule has 10 nitrogen and oxygen atoms in total. The van der Waals surface area contributed by atoms with Crippen LogP contribution in [0.25, 0.3) is 0 Å². The molecule has 1 saturated carbocycles. The molecule has 10 heteroatoms. The summed E-state index contributed by atoms with van der Waals surface area (Å²) in [6.45, 7) is 1.54. The summed E-state index contributed by atoms with van der Waals surface area (Å²) < 4.78 is 7.61. The first-order valence-electron chi connectivity index (χ1n) is 10.5. The minimum Gasteiger partial charge on any atom is -0.450 e. The van der Waals surface area contributed by atoms with E-state index in [2.05, 4.69) is 20.9 Å². The molecule has 0 amide bonds. The zero-order chi connectivity index (χ0) is 21.8. The molecule has 2 aliphatic rings. The molecule has 1 aromatic carbocycles. The summed E-state index contributed by atoms with van der Waals surface area (Å²) >= 11 is 0. The van der Waals surface area contributed by atoms with Crippen LogP contribution in [0, 0.1) is 5.41 Å². The molecule has 164 valence electrons. The molecule has 0 saturated heterocycles. The quantitative estimate of drug-likeness (QED) is 0.167. The van der Waals surface area contributed by atoms with Gasteiger partial charge < -0.3 is 26.4 Å². The first-order valence-corrected chi connectivity index (χ1v) is 10.5. The van der Waals surface area contributed by atoms with Crippen LogP contribution in [0.1, 0.15) is 48.5 Å². The van der Waals surface area contributed by atoms with Crippen LogP contribution in [-0.4, -0.2) is 40.9 Å². The molecule has 0 unspecified atom stereocenters. The highest BCUT2D eigenvalue weighted by Gasteiger charge is 2.26. The van der Waals surface area contributed by atoms with E-state index in [-0.39, 0.29) is 17.7 Å². The van der Waals surface area contributed by atoms with Crippen LogP contribution in [-0.2, 0) is 0 Å². The number of benzene rings is 1. The van der Waals surface area contributed by atoms with Crippen LogP contribution >= 0.6 is 0 Å². The van der Waals surface area contributed by atoms with Crippen molar-refractivity contribution in [3.05, 3.63) is 40.4 Å². The SMILES string of the molecule is N=C(N)NCCCNC1CCC(n2cc3c(nc2=O)Nc2cc(C=O)ccc2O3)CC1. The van der Waals surface area contributed by atoms with E-state index in [0.717, 1.165) is 44.9 Å². The Bertz CT molecular complexity index is 1030. The Morgan fingerprint density at radius 2 is 2.10 bits per heavy atom. The molecule has 1 aliphatic heterocycles. The van der Waals surface area contributed by atoms with Gasteiger partial charge in [-0.15, -0.1) is 0 Å². The van der Waals surface area contributed by atoms with E-state index in [1.807, 2.05) is 0 Å². The number of hydrogen-bond acceptors (Lipinski definition) is 7. The third-order valence-electron chi connectivity index (χ3n) is 5.72. The number of anilines is 2. The first kappa shape index (κ1) is 20.9. The van der Waals surface area contributed by atoms with Crippen LogP contribution < -0.4 is 32.1 Å². The van der Waals surface area contributed by atoms with Gasteiger partial charge in [-0.3, -0.25) is 14.8 Å². The summed E-state index contributed by atoms with van der Waals surface area (Å²) in [4.78, 5) is 27.8. The fraction of sp³-hybridized carbons (Fsp3) is 0.429. The fourth-order valence-electron chi connectivity index (χ4n) is 4.11. The normalized spacial score (nSPS) is 19.4. The Balaban J connectivity index is 1.36. The van der Waals surface area contributed by atoms with E-state index < -0.39 is 0 Å². The number of carbonyl (C=O) groups is 1. The molecular formula is C21H27N7O3. The van der Waals surface area contributed by atoms with E-state index in [0.29, 0.717) is 41.2 Å². The fourth-order valence-corrected chi connectivity index (χ4v) is 4.11. The van der Waals surface area contributed by atoms with Crippen molar-refractivity contribution in [1.29, 1.82) is 5.41 Å². The second-order valence-corrected chi connectivity index (χ2v) is 7.90. The topological polar surface area (TPSA) is 147 Å². The van der Waals surface area contributed by atoms with Gasteiger partial charge >= 0.3 is 5.69 Å². The van der Waals surface area contributed by atoms with Crippen LogP contribution in [0.5, 0.6) is 11.5 Å². The van der Waals surface area contributed by atoms with Crippen molar-refractivity contribution in [2.45, 2.75) is 44.2 Å². The van der Waals surface area contributed by atoms with Gasteiger partial charge in [-0.2, -0.15) is 4.98 Å². The van der Waals surface area contributed by atoms with E-state index in [1.165, 1.54) is 0 Å². The van der Waals surface area contributed by atoms with Gasteiger partial charge in [-0.05, 0) is 56.8 Å². The number of aldehydes is 1. The van der Waals surface area contributed by atoms with E-state index >= 15 is 0 Å². The summed E-state index contributed by atoms with van der Waals surface area (Å²) in [5.74, 6) is 1.46. The molecule has 1 aromatic heterocycles. The maximum absolute atomic E-state index is 12.7. The lowest BCUT2D eigenvalue weighted by Gasteiger charge is -2.31. The lowest BCUT2D eigenvalue weighted by Crippen LogP contribution is -2.38. The van der Waals surface area contributed by atoms with Gasteiger partial charge in [0, 0.05) is 24.2 Å². The van der Waals surface area contributed by atoms with Crippen LogP contribution in [0.3, 0.4) is 0 Å². The van der Waals surface area contributed by atoms with Crippen LogP contribution in [0.15, 0.2) is 29.2 Å². The van der Waals surface area contributed by atoms with E-state index in [1.54, 1.807) is 29.0 Å². The molecule has 6 N–H and O–H groups in total. The number of rotatable bonds is 7. The van der Waals surface area contributed by atoms with Crippen molar-refractivity contribution in [3.8, 4) is 11.5 Å². The van der Waals surface area contributed by atoms with Gasteiger partial charge in [-0.1, -0.05) is 0 Å². The number of ether oxygens (including phenoxy) is 1. The van der Waals surface area contributed by atoms with Crippen molar-refractivity contribution in [3.63, 3.8) is 0 Å². The maximum atomic E-state index is 12.7. The second-order valence-electron chi connectivity index (χ2n) is 7.90. The minimum atomic E-state index is -0.309. The lowest BCUT2D eigenvalue weighted by molar-refractivity contribution is 0.112. The zero-order valence-corrected chi connectivity index (χ0v) is 17.2. The van der Waals surface area contributed by atoms with Crippen molar-refractivity contribution in [1.82, 2.24) is 20.2 Å². The summed E-state index contributed by atoms with van der Waals surface area (Å²) in [5.41, 5.74) is 6.10. The summed E-state index contributed by atoms with van der Waals surface area (Å²) in [6, 6.07) is 5.60. The van der Waals surface area contributed by atoms with Gasteiger partial charge in [0.05, 0.1) is 11.9 Å². The molecule has 0 atom stereocenters. The summed E-state index contributed by atoms with van der Waals surface area (Å²) in [6.07, 6.45) is 7.12. The smallest absolute Gasteiger partial charge is 0.350 e. The average molecular weight is 425 g/mol. The predicted octanol–water partition coefficient (Wildman–Crippen LogP) is 1.85. The zero-order valence-electron chi connectivity index (χ0n) is 17.2. The van der Waals surface area contributed by atoms with Crippen molar-refractivity contribution in [2.75, 3.05) is 18.4 Å². The largest absolute Gasteiger partial charge is 0.450 e. The molecule has 2 heterocycles. The Morgan fingerprint density at radius 1 is 1.29 bits per heavy atom. The van der Waals surface area contributed by atoms with Gasteiger partial charge in [0.15, 0.2) is 23.3 Å². The molecule has 1 fully saturated rings. The number of guanidine groups is 1. The maximum Gasteiger partial charge on any atom is 0.350 e. The van der Waals surface area contributed by atoms with Crippen molar-refractivity contribution < 1.29 is 9.53 Å². The molecule has 0 spiro atoms. The number of carbonyl (C=O) groups excluding carboxylic acids is 1.